The molecule has 21 heavy (non-hydrogen) atoms. The van der Waals surface area contributed by atoms with Gasteiger partial charge in [-0.15, -0.1) is 0 Å². The molecule has 1 N–H and O–H groups in total. The molecule has 0 unspecified atom stereocenters. The van der Waals surface area contributed by atoms with Gasteiger partial charge in [-0.1, -0.05) is 13.8 Å². The normalized spacial score (nSPS) is 18.9. The Labute approximate surface area is 129 Å². The fourth-order valence-corrected chi connectivity index (χ4v) is 3.11. The summed E-state index contributed by atoms with van der Waals surface area (Å²) in [4.78, 5) is 4.65. The zero-order valence-electron chi connectivity index (χ0n) is 14.1. The van der Waals surface area contributed by atoms with Crippen LogP contribution in [-0.2, 0) is 4.74 Å². The number of hydrogen-bond acceptors (Lipinski definition) is 3. The number of imidazole rings is 1. The maximum atomic E-state index is 5.38. The van der Waals surface area contributed by atoms with Crippen LogP contribution in [0.3, 0.4) is 0 Å². The molecule has 120 valence electrons. The number of ether oxygens (including phenoxy) is 1. The first kappa shape index (κ1) is 16.3. The number of aromatic nitrogens is 2. The van der Waals surface area contributed by atoms with Crippen LogP contribution in [0.25, 0.3) is 0 Å². The van der Waals surface area contributed by atoms with Crippen molar-refractivity contribution >= 4 is 5.95 Å². The van der Waals surface area contributed by atoms with E-state index in [4.69, 9.17) is 4.74 Å². The minimum atomic E-state index is 0.511. The number of aryl methyl sites for hydroxylation is 1. The minimum absolute atomic E-state index is 0.511. The number of anilines is 1. The summed E-state index contributed by atoms with van der Waals surface area (Å²) < 4.78 is 7.75. The average Bonchev–Trinajstić information content (AvgIpc) is 2.80. The molecule has 1 saturated carbocycles. The van der Waals surface area contributed by atoms with E-state index in [2.05, 4.69) is 41.8 Å². The third-order valence-corrected chi connectivity index (χ3v) is 4.51. The van der Waals surface area contributed by atoms with Crippen molar-refractivity contribution in [3.05, 3.63) is 11.9 Å². The first-order valence-electron chi connectivity index (χ1n) is 8.39. The highest BCUT2D eigenvalue weighted by Crippen LogP contribution is 2.41. The van der Waals surface area contributed by atoms with Gasteiger partial charge in [0.25, 0.3) is 0 Å². The van der Waals surface area contributed by atoms with Crippen molar-refractivity contribution in [1.82, 2.24) is 9.55 Å². The topological polar surface area (TPSA) is 39.1 Å². The third kappa shape index (κ3) is 4.73. The molecule has 1 aliphatic carbocycles. The van der Waals surface area contributed by atoms with Gasteiger partial charge in [-0.05, 0) is 51.4 Å². The van der Waals surface area contributed by atoms with Crippen LogP contribution in [0.1, 0.15) is 64.6 Å². The van der Waals surface area contributed by atoms with E-state index in [0.29, 0.717) is 11.5 Å². The predicted molar refractivity (Wildman–Crippen MR) is 87.8 cm³/mol. The molecule has 0 aliphatic heterocycles. The molecule has 0 radical (unpaired) electrons. The van der Waals surface area contributed by atoms with Gasteiger partial charge in [0.2, 0.25) is 5.95 Å². The minimum Gasteiger partial charge on any atom is -0.382 e. The number of rotatable bonds is 7. The van der Waals surface area contributed by atoms with Crippen molar-refractivity contribution in [3.8, 4) is 0 Å². The number of hydrogen-bond donors (Lipinski definition) is 1. The summed E-state index contributed by atoms with van der Waals surface area (Å²) in [5.74, 6) is 1.04. The van der Waals surface area contributed by atoms with E-state index in [9.17, 15) is 0 Å². The lowest BCUT2D eigenvalue weighted by molar-refractivity contribution is 0.147. The molecule has 0 atom stereocenters. The van der Waals surface area contributed by atoms with E-state index >= 15 is 0 Å². The van der Waals surface area contributed by atoms with Gasteiger partial charge in [0.1, 0.15) is 0 Å². The van der Waals surface area contributed by atoms with E-state index in [1.165, 1.54) is 25.7 Å². The van der Waals surface area contributed by atoms with Crippen LogP contribution >= 0.6 is 0 Å². The van der Waals surface area contributed by atoms with Crippen molar-refractivity contribution in [1.29, 1.82) is 0 Å². The van der Waals surface area contributed by atoms with Crippen molar-refractivity contribution in [3.63, 3.8) is 0 Å². The van der Waals surface area contributed by atoms with Crippen LogP contribution in [0.2, 0.25) is 0 Å². The second-order valence-corrected chi connectivity index (χ2v) is 6.99. The summed E-state index contributed by atoms with van der Waals surface area (Å²) in [6.07, 6.45) is 8.36. The van der Waals surface area contributed by atoms with Gasteiger partial charge in [-0.3, -0.25) is 0 Å². The number of nitrogens with zero attached hydrogens (tertiary/aromatic N) is 2. The highest BCUT2D eigenvalue weighted by Gasteiger charge is 2.28. The zero-order valence-corrected chi connectivity index (χ0v) is 14.1. The standard InChI is InChI=1S/C17H31N3O/c1-5-21-12-6-11-18-16-19-14(2)13-20(16)15-7-9-17(3,4)10-8-15/h13,15H,5-12H2,1-4H3,(H,18,19). The molecule has 4 heteroatoms. The Morgan fingerprint density at radius 3 is 2.76 bits per heavy atom. The molecule has 4 nitrogen and oxygen atoms in total. The average molecular weight is 293 g/mol. The Bertz CT molecular complexity index is 429. The second kappa shape index (κ2) is 7.30. The van der Waals surface area contributed by atoms with Crippen molar-refractivity contribution in [2.45, 2.75) is 65.8 Å². The molecule has 0 bridgehead atoms. The highest BCUT2D eigenvalue weighted by molar-refractivity contribution is 5.29. The van der Waals surface area contributed by atoms with Gasteiger partial charge in [-0.2, -0.15) is 0 Å². The summed E-state index contributed by atoms with van der Waals surface area (Å²) in [6, 6.07) is 0.605. The Balaban J connectivity index is 1.91. The van der Waals surface area contributed by atoms with E-state index in [-0.39, 0.29) is 0 Å². The lowest BCUT2D eigenvalue weighted by Crippen LogP contribution is -2.24. The fraction of sp³-hybridized carbons (Fsp3) is 0.824. The van der Waals surface area contributed by atoms with Crippen LogP contribution in [0.5, 0.6) is 0 Å². The largest absolute Gasteiger partial charge is 0.382 e. The van der Waals surface area contributed by atoms with E-state index in [1.54, 1.807) is 0 Å². The number of nitrogens with one attached hydrogen (secondary N) is 1. The lowest BCUT2D eigenvalue weighted by atomic mass is 9.75. The molecule has 1 fully saturated rings. The highest BCUT2D eigenvalue weighted by atomic mass is 16.5. The molecule has 1 aromatic heterocycles. The van der Waals surface area contributed by atoms with Crippen molar-refractivity contribution in [2.75, 3.05) is 25.1 Å². The van der Waals surface area contributed by atoms with Crippen LogP contribution in [0.4, 0.5) is 5.95 Å². The first-order valence-corrected chi connectivity index (χ1v) is 8.39. The lowest BCUT2D eigenvalue weighted by Gasteiger charge is -2.35. The fourth-order valence-electron chi connectivity index (χ4n) is 3.11. The van der Waals surface area contributed by atoms with Gasteiger partial charge in [0.05, 0.1) is 5.69 Å². The molecule has 2 rings (SSSR count). The molecule has 0 aromatic carbocycles. The van der Waals surface area contributed by atoms with Crippen LogP contribution in [0.15, 0.2) is 6.20 Å². The van der Waals surface area contributed by atoms with Gasteiger partial charge in [-0.25, -0.2) is 4.98 Å². The molecular formula is C17H31N3O. The van der Waals surface area contributed by atoms with E-state index in [0.717, 1.165) is 37.8 Å². The van der Waals surface area contributed by atoms with Gasteiger partial charge in [0.15, 0.2) is 0 Å². The maximum absolute atomic E-state index is 5.38. The Morgan fingerprint density at radius 1 is 1.38 bits per heavy atom. The Hall–Kier alpha value is -1.03. The quantitative estimate of drug-likeness (QED) is 0.767. The van der Waals surface area contributed by atoms with Crippen LogP contribution < -0.4 is 5.32 Å². The summed E-state index contributed by atoms with van der Waals surface area (Å²) in [5, 5.41) is 3.48. The van der Waals surface area contributed by atoms with Gasteiger partial charge >= 0.3 is 0 Å². The molecule has 0 spiro atoms. The van der Waals surface area contributed by atoms with Gasteiger partial charge in [0, 0.05) is 32.0 Å². The van der Waals surface area contributed by atoms with Crippen LogP contribution in [0, 0.1) is 12.3 Å². The Morgan fingerprint density at radius 2 is 2.10 bits per heavy atom. The maximum Gasteiger partial charge on any atom is 0.203 e. The van der Waals surface area contributed by atoms with Crippen molar-refractivity contribution in [2.24, 2.45) is 5.41 Å². The molecule has 1 aromatic rings. The first-order chi connectivity index (χ1) is 10.0. The second-order valence-electron chi connectivity index (χ2n) is 6.99. The molecule has 0 saturated heterocycles. The zero-order chi connectivity index (χ0) is 15.3. The van der Waals surface area contributed by atoms with E-state index in [1.807, 2.05) is 6.92 Å². The van der Waals surface area contributed by atoms with Crippen LogP contribution in [-0.4, -0.2) is 29.3 Å². The smallest absolute Gasteiger partial charge is 0.203 e. The van der Waals surface area contributed by atoms with Gasteiger partial charge < -0.3 is 14.6 Å². The third-order valence-electron chi connectivity index (χ3n) is 4.51. The summed E-state index contributed by atoms with van der Waals surface area (Å²) in [7, 11) is 0. The molecular weight excluding hydrogens is 262 g/mol. The molecule has 1 aliphatic rings. The summed E-state index contributed by atoms with van der Waals surface area (Å²) in [6.45, 7) is 11.4. The Kier molecular flexibility index (Phi) is 5.68. The molecule has 0 amide bonds. The SMILES string of the molecule is CCOCCCNc1nc(C)cn1C1CCC(C)(C)CC1. The van der Waals surface area contributed by atoms with Crippen molar-refractivity contribution < 1.29 is 4.74 Å². The predicted octanol–water partition coefficient (Wildman–Crippen LogP) is 4.17. The monoisotopic (exact) mass is 293 g/mol. The molecule has 1 heterocycles. The summed E-state index contributed by atoms with van der Waals surface area (Å²) in [5.41, 5.74) is 1.61. The van der Waals surface area contributed by atoms with E-state index < -0.39 is 0 Å². The summed E-state index contributed by atoms with van der Waals surface area (Å²) >= 11 is 0.